The molecule has 0 amide bonds. The van der Waals surface area contributed by atoms with Gasteiger partial charge in [-0.25, -0.2) is 0 Å². The van der Waals surface area contributed by atoms with Crippen molar-refractivity contribution in [2.24, 2.45) is 0 Å². The van der Waals surface area contributed by atoms with Crippen LogP contribution in [0.25, 0.3) is 0 Å². The Balaban J connectivity index is 1.58. The van der Waals surface area contributed by atoms with Gasteiger partial charge in [0.2, 0.25) is 0 Å². The maximum Gasteiger partial charge on any atom is 0.0576 e. The fourth-order valence-electron chi connectivity index (χ4n) is 3.30. The van der Waals surface area contributed by atoms with E-state index >= 15 is 0 Å². The molecule has 0 saturated carbocycles. The summed E-state index contributed by atoms with van der Waals surface area (Å²) >= 11 is 0. The lowest BCUT2D eigenvalue weighted by atomic mass is 10.0. The fraction of sp³-hybridized carbons (Fsp3) is 1.00. The summed E-state index contributed by atoms with van der Waals surface area (Å²) in [4.78, 5) is 5.15. The molecule has 0 aromatic heterocycles. The fourth-order valence-corrected chi connectivity index (χ4v) is 3.30. The topological polar surface area (TPSA) is 15.7 Å². The van der Waals surface area contributed by atoms with Crippen molar-refractivity contribution in [2.75, 3.05) is 39.8 Å². The molecule has 3 nitrogen and oxygen atoms in total. The zero-order valence-electron chi connectivity index (χ0n) is 12.2. The van der Waals surface area contributed by atoms with Crippen molar-refractivity contribution in [3.8, 4) is 0 Å². The molecule has 0 radical (unpaired) electrons. The summed E-state index contributed by atoms with van der Waals surface area (Å²) in [6.45, 7) is 8.31. The first-order valence-electron chi connectivity index (χ1n) is 7.83. The van der Waals surface area contributed by atoms with E-state index in [1.54, 1.807) is 0 Å². The molecule has 3 heteroatoms. The zero-order chi connectivity index (χ0) is 12.8. The van der Waals surface area contributed by atoms with Gasteiger partial charge in [0.1, 0.15) is 0 Å². The first kappa shape index (κ1) is 14.3. The van der Waals surface area contributed by atoms with E-state index in [9.17, 15) is 0 Å². The molecule has 0 aromatic carbocycles. The van der Waals surface area contributed by atoms with Crippen LogP contribution >= 0.6 is 0 Å². The van der Waals surface area contributed by atoms with Gasteiger partial charge in [-0.1, -0.05) is 6.92 Å². The number of hydrogen-bond acceptors (Lipinski definition) is 3. The Hall–Kier alpha value is -0.120. The van der Waals surface area contributed by atoms with Gasteiger partial charge in [0.15, 0.2) is 0 Å². The van der Waals surface area contributed by atoms with E-state index in [0.29, 0.717) is 6.10 Å². The third kappa shape index (κ3) is 4.22. The van der Waals surface area contributed by atoms with Crippen LogP contribution in [0.5, 0.6) is 0 Å². The maximum absolute atomic E-state index is 5.68. The Labute approximate surface area is 112 Å². The molecule has 0 spiro atoms. The molecule has 0 bridgehead atoms. The number of hydrogen-bond donors (Lipinski definition) is 0. The van der Waals surface area contributed by atoms with Crippen LogP contribution < -0.4 is 0 Å². The minimum atomic E-state index is 0.570. The van der Waals surface area contributed by atoms with E-state index in [1.165, 1.54) is 64.7 Å². The van der Waals surface area contributed by atoms with Gasteiger partial charge in [-0.05, 0) is 71.8 Å². The number of ether oxygens (including phenoxy) is 1. The average molecular weight is 254 g/mol. The third-order valence-electron chi connectivity index (χ3n) is 4.69. The van der Waals surface area contributed by atoms with Gasteiger partial charge < -0.3 is 14.5 Å². The first-order valence-corrected chi connectivity index (χ1v) is 7.83. The van der Waals surface area contributed by atoms with Crippen LogP contribution in [0.15, 0.2) is 0 Å². The third-order valence-corrected chi connectivity index (χ3v) is 4.69. The number of rotatable bonds is 6. The van der Waals surface area contributed by atoms with Crippen LogP contribution in [0.4, 0.5) is 0 Å². The van der Waals surface area contributed by atoms with Gasteiger partial charge in [-0.15, -0.1) is 0 Å². The molecule has 2 heterocycles. The highest BCUT2D eigenvalue weighted by atomic mass is 16.5. The van der Waals surface area contributed by atoms with Crippen molar-refractivity contribution in [3.05, 3.63) is 0 Å². The van der Waals surface area contributed by atoms with Crippen molar-refractivity contribution in [1.82, 2.24) is 9.80 Å². The normalized spacial score (nSPS) is 27.2. The van der Waals surface area contributed by atoms with E-state index in [-0.39, 0.29) is 0 Å². The predicted molar refractivity (Wildman–Crippen MR) is 76.0 cm³/mol. The summed E-state index contributed by atoms with van der Waals surface area (Å²) in [5.41, 5.74) is 0. The van der Waals surface area contributed by atoms with E-state index in [4.69, 9.17) is 4.74 Å². The molecule has 18 heavy (non-hydrogen) atoms. The second-order valence-electron chi connectivity index (χ2n) is 5.92. The predicted octanol–water partition coefficient (Wildman–Crippen LogP) is 2.36. The quantitative estimate of drug-likeness (QED) is 0.724. The van der Waals surface area contributed by atoms with Crippen LogP contribution in [-0.4, -0.2) is 61.8 Å². The Morgan fingerprint density at radius 3 is 2.61 bits per heavy atom. The lowest BCUT2D eigenvalue weighted by molar-refractivity contribution is 0.0922. The summed E-state index contributed by atoms with van der Waals surface area (Å²) in [7, 11) is 2.31. The Morgan fingerprint density at radius 1 is 1.22 bits per heavy atom. The summed E-state index contributed by atoms with van der Waals surface area (Å²) in [5.74, 6) is 0. The molecule has 0 N–H and O–H groups in total. The monoisotopic (exact) mass is 254 g/mol. The largest absolute Gasteiger partial charge is 0.378 e. The highest BCUT2D eigenvalue weighted by molar-refractivity contribution is 4.78. The number of piperidine rings is 1. The molecule has 2 aliphatic heterocycles. The molecule has 2 saturated heterocycles. The van der Waals surface area contributed by atoms with Gasteiger partial charge in [-0.3, -0.25) is 0 Å². The first-order chi connectivity index (χ1) is 8.79. The van der Waals surface area contributed by atoms with E-state index in [2.05, 4.69) is 23.8 Å². The van der Waals surface area contributed by atoms with Gasteiger partial charge in [0.05, 0.1) is 6.10 Å². The minimum Gasteiger partial charge on any atom is -0.378 e. The Bertz CT molecular complexity index is 221. The Kier molecular flexibility index (Phi) is 5.93. The lowest BCUT2D eigenvalue weighted by Crippen LogP contribution is -2.43. The van der Waals surface area contributed by atoms with E-state index < -0.39 is 0 Å². The van der Waals surface area contributed by atoms with Crippen LogP contribution in [0.1, 0.15) is 45.4 Å². The van der Waals surface area contributed by atoms with Crippen LogP contribution in [0, 0.1) is 0 Å². The average Bonchev–Trinajstić information content (AvgIpc) is 2.92. The van der Waals surface area contributed by atoms with Crippen molar-refractivity contribution in [3.63, 3.8) is 0 Å². The molecule has 2 aliphatic rings. The molecule has 0 aromatic rings. The second-order valence-corrected chi connectivity index (χ2v) is 5.92. The van der Waals surface area contributed by atoms with Crippen molar-refractivity contribution in [1.29, 1.82) is 0 Å². The second kappa shape index (κ2) is 7.46. The maximum atomic E-state index is 5.68. The van der Waals surface area contributed by atoms with Gasteiger partial charge in [-0.2, -0.15) is 0 Å². The number of nitrogens with zero attached hydrogens (tertiary/aromatic N) is 2. The Morgan fingerprint density at radius 2 is 2.00 bits per heavy atom. The van der Waals surface area contributed by atoms with E-state index in [0.717, 1.165) is 12.6 Å². The number of likely N-dealkylation sites (tertiary alicyclic amines) is 1. The molecular formula is C15H30N2O. The zero-order valence-corrected chi connectivity index (χ0v) is 12.2. The highest BCUT2D eigenvalue weighted by Gasteiger charge is 2.21. The summed E-state index contributed by atoms with van der Waals surface area (Å²) in [6, 6.07) is 0.817. The molecule has 106 valence electrons. The highest BCUT2D eigenvalue weighted by Crippen LogP contribution is 2.19. The van der Waals surface area contributed by atoms with Crippen LogP contribution in [0.3, 0.4) is 0 Å². The molecule has 2 rings (SSSR count). The summed E-state index contributed by atoms with van der Waals surface area (Å²) in [5, 5.41) is 0. The van der Waals surface area contributed by atoms with Crippen LogP contribution in [0.2, 0.25) is 0 Å². The van der Waals surface area contributed by atoms with Gasteiger partial charge >= 0.3 is 0 Å². The SMILES string of the molecule is CCN1CCC(N(C)CCC[C@@H]2CCCO2)CC1. The summed E-state index contributed by atoms with van der Waals surface area (Å²) < 4.78 is 5.68. The van der Waals surface area contributed by atoms with Gasteiger partial charge in [0.25, 0.3) is 0 Å². The standard InChI is InChI=1S/C15H30N2O/c1-3-17-11-8-14(9-12-17)16(2)10-4-6-15-7-5-13-18-15/h14-15H,3-13H2,1-2H3/t15-/m1/s1. The molecule has 0 aliphatic carbocycles. The van der Waals surface area contributed by atoms with Crippen molar-refractivity contribution >= 4 is 0 Å². The molecular weight excluding hydrogens is 224 g/mol. The minimum absolute atomic E-state index is 0.570. The van der Waals surface area contributed by atoms with Gasteiger partial charge in [0, 0.05) is 12.6 Å². The smallest absolute Gasteiger partial charge is 0.0576 e. The van der Waals surface area contributed by atoms with Crippen LogP contribution in [-0.2, 0) is 4.74 Å². The molecule has 0 unspecified atom stereocenters. The van der Waals surface area contributed by atoms with Crippen molar-refractivity contribution < 1.29 is 4.74 Å². The van der Waals surface area contributed by atoms with Crippen molar-refractivity contribution in [2.45, 2.75) is 57.6 Å². The molecule has 1 atom stereocenters. The molecule has 2 fully saturated rings. The lowest BCUT2D eigenvalue weighted by Gasteiger charge is -2.36. The van der Waals surface area contributed by atoms with E-state index in [1.807, 2.05) is 0 Å². The summed E-state index contributed by atoms with van der Waals surface area (Å²) in [6.07, 6.45) is 8.40.